The number of para-hydroxylation sites is 1. The number of nitrogens with one attached hydrogen (secondary N) is 1. The molecular weight excluding hydrogens is 488 g/mol. The molecule has 0 aliphatic carbocycles. The zero-order valence-electron chi connectivity index (χ0n) is 19.3. The summed E-state index contributed by atoms with van der Waals surface area (Å²) in [6.45, 7) is -1.42. The lowest BCUT2D eigenvalue weighted by molar-refractivity contribution is -0.137. The molecule has 3 amide bonds. The topological polar surface area (TPSA) is 142 Å². The number of alkyl halides is 2. The first-order chi connectivity index (χ1) is 16.5. The molecule has 35 heavy (non-hydrogen) atoms. The van der Waals surface area contributed by atoms with Gasteiger partial charge in [0.15, 0.2) is 11.8 Å². The van der Waals surface area contributed by atoms with Crippen LogP contribution in [0.5, 0.6) is 5.75 Å². The molecule has 194 valence electrons. The quantitative estimate of drug-likeness (QED) is 0.466. The third-order valence-corrected chi connectivity index (χ3v) is 7.35. The average molecular weight is 518 g/mol. The minimum atomic E-state index is -4.77. The van der Waals surface area contributed by atoms with E-state index in [2.05, 4.69) is 4.74 Å². The van der Waals surface area contributed by atoms with Crippen molar-refractivity contribution in [2.45, 2.75) is 43.2 Å². The van der Waals surface area contributed by atoms with Crippen molar-refractivity contribution in [3.05, 3.63) is 18.2 Å². The lowest BCUT2D eigenvalue weighted by Gasteiger charge is -2.29. The summed E-state index contributed by atoms with van der Waals surface area (Å²) >= 11 is 0. The van der Waals surface area contributed by atoms with Crippen LogP contribution < -0.4 is 20.1 Å². The van der Waals surface area contributed by atoms with Gasteiger partial charge in [0.2, 0.25) is 27.7 Å². The molecule has 0 bridgehead atoms. The summed E-state index contributed by atoms with van der Waals surface area (Å²) in [5.74, 6) is -3.20. The number of rotatable bonds is 8. The number of likely N-dealkylation sites (N-methyl/N-ethyl adjacent to an activating group) is 1. The smallest absolute Gasteiger partial charge is 0.387 e. The summed E-state index contributed by atoms with van der Waals surface area (Å²) < 4.78 is 59.6. The first-order valence-corrected chi connectivity index (χ1v) is 12.7. The van der Waals surface area contributed by atoms with Crippen molar-refractivity contribution < 1.29 is 36.3 Å². The lowest BCUT2D eigenvalue weighted by atomic mass is 10.1. The highest BCUT2D eigenvalue weighted by atomic mass is 32.2. The molecule has 0 saturated carbocycles. The van der Waals surface area contributed by atoms with Crippen molar-refractivity contribution in [3.63, 3.8) is 0 Å². The Balaban J connectivity index is 1.96. The number of carbonyl (C=O) groups excluding carboxylic acids is 3. The Morgan fingerprint density at radius 3 is 2.49 bits per heavy atom. The van der Waals surface area contributed by atoms with Crippen LogP contribution in [0.25, 0.3) is 0 Å². The Bertz CT molecular complexity index is 1070. The second kappa shape index (κ2) is 11.3. The minimum Gasteiger partial charge on any atom is -0.431 e. The molecule has 2 aliphatic rings. The number of carbonyl (C=O) groups is 3. The molecule has 14 heteroatoms. The molecule has 0 aromatic heterocycles. The third kappa shape index (κ3) is 6.44. The van der Waals surface area contributed by atoms with E-state index >= 15 is 0 Å². The minimum absolute atomic E-state index is 0.143. The number of hydrogen-bond acceptors (Lipinski definition) is 7. The van der Waals surface area contributed by atoms with E-state index in [0.29, 0.717) is 38.9 Å². The predicted molar refractivity (Wildman–Crippen MR) is 121 cm³/mol. The van der Waals surface area contributed by atoms with Crippen LogP contribution in [0, 0.1) is 0 Å². The Kier molecular flexibility index (Phi) is 8.61. The highest BCUT2D eigenvalue weighted by Gasteiger charge is 2.37. The summed E-state index contributed by atoms with van der Waals surface area (Å²) in [6, 6.07) is 1.59. The van der Waals surface area contributed by atoms with Crippen LogP contribution in [-0.4, -0.2) is 88.4 Å². The molecule has 0 radical (unpaired) electrons. The van der Waals surface area contributed by atoms with Crippen LogP contribution in [-0.2, 0) is 24.4 Å². The fourth-order valence-electron chi connectivity index (χ4n) is 4.09. The molecule has 11 nitrogen and oxygen atoms in total. The summed E-state index contributed by atoms with van der Waals surface area (Å²) in [6.07, 6.45) is 2.00. The molecule has 3 rings (SSSR count). The first kappa shape index (κ1) is 26.8. The number of nitrogens with zero attached hydrogens (tertiary/aromatic N) is 3. The molecule has 0 unspecified atom stereocenters. The number of primary amides is 1. The largest absolute Gasteiger partial charge is 0.431 e. The van der Waals surface area contributed by atoms with Crippen LogP contribution in [0.2, 0.25) is 0 Å². The standard InChI is InChI=1S/C21H29F2N5O6S/c1-26-9-5-10-27(13-12-26)20(31)17(19(24)30)25-35(32,33)15-7-4-6-14(18(15)34-21(22)23)28-11-3-2-8-16(28)29/h4,6-7,17,21,25H,2-3,5,8-13H2,1H3,(H2,24,30)/t17-/m0/s1. The fraction of sp³-hybridized carbons (Fsp3) is 0.571. The molecule has 2 fully saturated rings. The Morgan fingerprint density at radius 1 is 1.09 bits per heavy atom. The van der Waals surface area contributed by atoms with Crippen molar-refractivity contribution in [1.82, 2.24) is 14.5 Å². The van der Waals surface area contributed by atoms with E-state index in [1.165, 1.54) is 21.9 Å². The second-order valence-electron chi connectivity index (χ2n) is 8.42. The summed E-state index contributed by atoms with van der Waals surface area (Å²) in [5, 5.41) is 0. The second-order valence-corrected chi connectivity index (χ2v) is 10.1. The molecule has 2 aliphatic heterocycles. The normalized spacial score (nSPS) is 18.9. The van der Waals surface area contributed by atoms with Crippen LogP contribution in [0.3, 0.4) is 0 Å². The maximum atomic E-state index is 13.3. The van der Waals surface area contributed by atoms with E-state index in [4.69, 9.17) is 5.73 Å². The van der Waals surface area contributed by atoms with Crippen LogP contribution in [0.1, 0.15) is 25.7 Å². The monoisotopic (exact) mass is 517 g/mol. The van der Waals surface area contributed by atoms with Crippen LogP contribution in [0.4, 0.5) is 14.5 Å². The van der Waals surface area contributed by atoms with Gasteiger partial charge < -0.3 is 25.2 Å². The van der Waals surface area contributed by atoms with Crippen LogP contribution >= 0.6 is 0 Å². The lowest BCUT2D eigenvalue weighted by Crippen LogP contribution is -2.55. The number of ether oxygens (including phenoxy) is 1. The van der Waals surface area contributed by atoms with Gasteiger partial charge in [-0.2, -0.15) is 13.5 Å². The number of anilines is 1. The van der Waals surface area contributed by atoms with Crippen molar-refractivity contribution in [1.29, 1.82) is 0 Å². The molecular formula is C21H29F2N5O6S. The maximum absolute atomic E-state index is 13.3. The van der Waals surface area contributed by atoms with E-state index in [1.807, 2.05) is 16.7 Å². The molecule has 1 atom stereocenters. The summed E-state index contributed by atoms with van der Waals surface area (Å²) in [7, 11) is -2.90. The van der Waals surface area contributed by atoms with Gasteiger partial charge in [0.1, 0.15) is 4.90 Å². The predicted octanol–water partition coefficient (Wildman–Crippen LogP) is 0.101. The number of amides is 3. The SMILES string of the molecule is CN1CCCN(C(=O)[C@@H](NS(=O)(=O)c2cccc(N3CCCCC3=O)c2OC(F)F)C(N)=O)CC1. The highest BCUT2D eigenvalue weighted by molar-refractivity contribution is 7.89. The molecule has 2 heterocycles. The Labute approximate surface area is 202 Å². The number of sulfonamides is 1. The van der Waals surface area contributed by atoms with Gasteiger partial charge in [-0.15, -0.1) is 0 Å². The highest BCUT2D eigenvalue weighted by Crippen LogP contribution is 2.38. The van der Waals surface area contributed by atoms with E-state index in [0.717, 1.165) is 6.07 Å². The zero-order valence-corrected chi connectivity index (χ0v) is 20.1. The van der Waals surface area contributed by atoms with Crippen molar-refractivity contribution in [3.8, 4) is 5.75 Å². The van der Waals surface area contributed by atoms with Gasteiger partial charge in [-0.1, -0.05) is 6.07 Å². The fourth-order valence-corrected chi connectivity index (χ4v) is 5.40. The van der Waals surface area contributed by atoms with Crippen molar-refractivity contribution in [2.24, 2.45) is 5.73 Å². The number of nitrogens with two attached hydrogens (primary N) is 1. The van der Waals surface area contributed by atoms with E-state index in [1.54, 1.807) is 0 Å². The van der Waals surface area contributed by atoms with Gasteiger partial charge >= 0.3 is 6.61 Å². The van der Waals surface area contributed by atoms with Crippen molar-refractivity contribution >= 4 is 33.4 Å². The molecule has 2 saturated heterocycles. The average Bonchev–Trinajstić information content (AvgIpc) is 3.01. The third-order valence-electron chi connectivity index (χ3n) is 5.90. The number of piperidine rings is 1. The van der Waals surface area contributed by atoms with Gasteiger partial charge in [-0.3, -0.25) is 14.4 Å². The number of benzene rings is 1. The van der Waals surface area contributed by atoms with E-state index < -0.39 is 45.1 Å². The Hall–Kier alpha value is -2.84. The number of halogens is 2. The Morgan fingerprint density at radius 2 is 1.83 bits per heavy atom. The summed E-state index contributed by atoms with van der Waals surface area (Å²) in [4.78, 5) is 41.2. The van der Waals surface area contributed by atoms with E-state index in [9.17, 15) is 31.6 Å². The molecule has 3 N–H and O–H groups in total. The van der Waals surface area contributed by atoms with Gasteiger partial charge in [0.05, 0.1) is 5.69 Å². The first-order valence-electron chi connectivity index (χ1n) is 11.2. The molecule has 0 spiro atoms. The van der Waals surface area contributed by atoms with E-state index in [-0.39, 0.29) is 31.1 Å². The van der Waals surface area contributed by atoms with Gasteiger partial charge in [0.25, 0.3) is 0 Å². The van der Waals surface area contributed by atoms with Crippen molar-refractivity contribution in [2.75, 3.05) is 44.7 Å². The summed E-state index contributed by atoms with van der Waals surface area (Å²) in [5.41, 5.74) is 5.21. The molecule has 1 aromatic rings. The van der Waals surface area contributed by atoms with Gasteiger partial charge in [-0.25, -0.2) is 8.42 Å². The van der Waals surface area contributed by atoms with Gasteiger partial charge in [-0.05, 0) is 45.0 Å². The maximum Gasteiger partial charge on any atom is 0.387 e. The number of hydrogen-bond donors (Lipinski definition) is 2. The molecule has 1 aromatic carbocycles. The van der Waals surface area contributed by atoms with Crippen LogP contribution in [0.15, 0.2) is 23.1 Å². The zero-order chi connectivity index (χ0) is 25.8. The van der Waals surface area contributed by atoms with Gasteiger partial charge in [0, 0.05) is 32.6 Å².